The van der Waals surface area contributed by atoms with Gasteiger partial charge in [-0.15, -0.1) is 0 Å². The summed E-state index contributed by atoms with van der Waals surface area (Å²) in [4.78, 5) is 4.69. The zero-order valence-electron chi connectivity index (χ0n) is 18.3. The number of nitrogens with zero attached hydrogens (tertiary/aromatic N) is 1. The van der Waals surface area contributed by atoms with Crippen molar-refractivity contribution >= 4 is 15.8 Å². The summed E-state index contributed by atoms with van der Waals surface area (Å²) in [7, 11) is -2.96. The molecule has 2 N–H and O–H groups in total. The molecule has 28 heavy (non-hydrogen) atoms. The Morgan fingerprint density at radius 1 is 1.21 bits per heavy atom. The largest absolute Gasteiger partial charge is 0.493 e. The van der Waals surface area contributed by atoms with Crippen LogP contribution >= 0.6 is 0 Å². The molecule has 0 radical (unpaired) electrons. The van der Waals surface area contributed by atoms with Crippen molar-refractivity contribution < 1.29 is 13.2 Å². The maximum absolute atomic E-state index is 11.4. The molecule has 0 amide bonds. The number of hydrogen-bond acceptors (Lipinski definition) is 4. The number of hydrogen-bond donors (Lipinski definition) is 2. The summed E-state index contributed by atoms with van der Waals surface area (Å²) in [5.74, 6) is 1.79. The van der Waals surface area contributed by atoms with Crippen LogP contribution in [0.1, 0.15) is 51.7 Å². The van der Waals surface area contributed by atoms with E-state index in [2.05, 4.69) is 56.5 Å². The van der Waals surface area contributed by atoms with E-state index in [9.17, 15) is 8.42 Å². The van der Waals surface area contributed by atoms with Gasteiger partial charge in [0.15, 0.2) is 5.96 Å². The quantitative estimate of drug-likeness (QED) is 0.431. The third-order valence-corrected chi connectivity index (χ3v) is 5.27. The number of rotatable bonds is 11. The Morgan fingerprint density at radius 2 is 1.93 bits per heavy atom. The average molecular weight is 412 g/mol. The van der Waals surface area contributed by atoms with Gasteiger partial charge in [0.2, 0.25) is 0 Å². The first kappa shape index (κ1) is 24.3. The zero-order valence-corrected chi connectivity index (χ0v) is 19.1. The Bertz CT molecular complexity index is 743. The topological polar surface area (TPSA) is 79.8 Å². The van der Waals surface area contributed by atoms with Crippen molar-refractivity contribution in [3.8, 4) is 5.75 Å². The number of nitrogens with one attached hydrogen (secondary N) is 2. The Balaban J connectivity index is 2.79. The van der Waals surface area contributed by atoms with E-state index in [0.29, 0.717) is 26.1 Å². The van der Waals surface area contributed by atoms with Crippen molar-refractivity contribution in [2.75, 3.05) is 31.7 Å². The van der Waals surface area contributed by atoms with Crippen molar-refractivity contribution in [3.63, 3.8) is 0 Å². The fourth-order valence-electron chi connectivity index (χ4n) is 2.52. The summed E-state index contributed by atoms with van der Waals surface area (Å²) in [6.45, 7) is 12.9. The fraction of sp³-hybridized carbons (Fsp3) is 0.667. The van der Waals surface area contributed by atoms with E-state index in [1.807, 2.05) is 6.92 Å². The van der Waals surface area contributed by atoms with Crippen LogP contribution < -0.4 is 15.4 Å². The second kappa shape index (κ2) is 11.3. The SMILES string of the molecule is CCCOc1cc(C)ccc1CN=C(NCC)NCC(C)(C)CCS(C)(=O)=O. The van der Waals surface area contributed by atoms with Gasteiger partial charge >= 0.3 is 0 Å². The maximum atomic E-state index is 11.4. The van der Waals surface area contributed by atoms with Crippen LogP contribution in [0.25, 0.3) is 0 Å². The Labute approximate surface area is 171 Å². The fourth-order valence-corrected chi connectivity index (χ4v) is 3.44. The molecule has 0 bridgehead atoms. The van der Waals surface area contributed by atoms with E-state index in [1.54, 1.807) is 0 Å². The van der Waals surface area contributed by atoms with E-state index < -0.39 is 9.84 Å². The smallest absolute Gasteiger partial charge is 0.191 e. The minimum absolute atomic E-state index is 0.154. The molecule has 160 valence electrons. The third kappa shape index (κ3) is 9.97. The summed E-state index contributed by atoms with van der Waals surface area (Å²) in [5.41, 5.74) is 2.06. The number of aliphatic imine (C=N–C) groups is 1. The lowest BCUT2D eigenvalue weighted by Gasteiger charge is -2.25. The van der Waals surface area contributed by atoms with Gasteiger partial charge in [0.05, 0.1) is 18.9 Å². The predicted molar refractivity (Wildman–Crippen MR) is 118 cm³/mol. The average Bonchev–Trinajstić information content (AvgIpc) is 2.61. The summed E-state index contributed by atoms with van der Waals surface area (Å²) < 4.78 is 28.8. The molecule has 0 atom stereocenters. The lowest BCUT2D eigenvalue weighted by molar-refractivity contribution is 0.314. The molecule has 0 fully saturated rings. The van der Waals surface area contributed by atoms with Gasteiger partial charge in [0.1, 0.15) is 15.6 Å². The van der Waals surface area contributed by atoms with Gasteiger partial charge in [-0.3, -0.25) is 0 Å². The molecule has 0 spiro atoms. The van der Waals surface area contributed by atoms with E-state index >= 15 is 0 Å². The molecule has 0 unspecified atom stereocenters. The first-order valence-corrected chi connectivity index (χ1v) is 12.0. The monoisotopic (exact) mass is 411 g/mol. The molecule has 0 heterocycles. The van der Waals surface area contributed by atoms with Crippen LogP contribution in [0.4, 0.5) is 0 Å². The minimum atomic E-state index is -2.96. The second-order valence-electron chi connectivity index (χ2n) is 8.05. The van der Waals surface area contributed by atoms with E-state index in [-0.39, 0.29) is 11.2 Å². The van der Waals surface area contributed by atoms with Gasteiger partial charge < -0.3 is 15.4 Å². The number of ether oxygens (including phenoxy) is 1. The molecular weight excluding hydrogens is 374 g/mol. The highest BCUT2D eigenvalue weighted by atomic mass is 32.2. The van der Waals surface area contributed by atoms with Crippen molar-refractivity contribution in [2.45, 2.75) is 54.0 Å². The number of guanidine groups is 1. The van der Waals surface area contributed by atoms with Gasteiger partial charge in [-0.1, -0.05) is 32.9 Å². The first-order chi connectivity index (χ1) is 13.1. The van der Waals surface area contributed by atoms with Crippen LogP contribution in [0.2, 0.25) is 0 Å². The van der Waals surface area contributed by atoms with Crippen LogP contribution in [0.5, 0.6) is 5.75 Å². The van der Waals surface area contributed by atoms with Gasteiger partial charge in [0, 0.05) is 24.9 Å². The predicted octanol–water partition coefficient (Wildman–Crippen LogP) is 3.30. The Morgan fingerprint density at radius 3 is 2.54 bits per heavy atom. The minimum Gasteiger partial charge on any atom is -0.493 e. The first-order valence-electron chi connectivity index (χ1n) is 9.98. The molecule has 0 aliphatic heterocycles. The van der Waals surface area contributed by atoms with Gasteiger partial charge in [-0.05, 0) is 43.7 Å². The highest BCUT2D eigenvalue weighted by molar-refractivity contribution is 7.90. The number of sulfone groups is 1. The standard InChI is InChI=1S/C21H37N3O3S/c1-7-12-27-19-14-17(3)9-10-18(19)15-23-20(22-8-2)24-16-21(4,5)11-13-28(6,25)26/h9-10,14H,7-8,11-13,15-16H2,1-6H3,(H2,22,23,24). The highest BCUT2D eigenvalue weighted by Crippen LogP contribution is 2.22. The molecule has 7 heteroatoms. The van der Waals surface area contributed by atoms with Crippen LogP contribution in [-0.2, 0) is 16.4 Å². The summed E-state index contributed by atoms with van der Waals surface area (Å²) >= 11 is 0. The van der Waals surface area contributed by atoms with Crippen LogP contribution in [0, 0.1) is 12.3 Å². The lowest BCUT2D eigenvalue weighted by Crippen LogP contribution is -2.42. The second-order valence-corrected chi connectivity index (χ2v) is 10.3. The summed E-state index contributed by atoms with van der Waals surface area (Å²) in [6, 6.07) is 6.18. The molecule has 0 aliphatic carbocycles. The summed E-state index contributed by atoms with van der Waals surface area (Å²) in [6.07, 6.45) is 2.84. The van der Waals surface area contributed by atoms with E-state index in [4.69, 9.17) is 9.73 Å². The Hall–Kier alpha value is -1.76. The van der Waals surface area contributed by atoms with Gasteiger partial charge in [0.25, 0.3) is 0 Å². The normalized spacial score (nSPS) is 12.7. The zero-order chi connectivity index (χ0) is 21.2. The number of aryl methyl sites for hydroxylation is 1. The molecule has 1 aromatic rings. The highest BCUT2D eigenvalue weighted by Gasteiger charge is 2.20. The molecule has 0 saturated carbocycles. The molecular formula is C21H37N3O3S. The molecule has 6 nitrogen and oxygen atoms in total. The van der Waals surface area contributed by atoms with Crippen molar-refractivity contribution in [1.82, 2.24) is 10.6 Å². The van der Waals surface area contributed by atoms with E-state index in [0.717, 1.165) is 35.8 Å². The van der Waals surface area contributed by atoms with Crippen LogP contribution in [0.15, 0.2) is 23.2 Å². The molecule has 0 aliphatic rings. The van der Waals surface area contributed by atoms with E-state index in [1.165, 1.54) is 6.26 Å². The van der Waals surface area contributed by atoms with Crippen molar-refractivity contribution in [2.24, 2.45) is 10.4 Å². The molecule has 1 rings (SSSR count). The maximum Gasteiger partial charge on any atom is 0.191 e. The summed E-state index contributed by atoms with van der Waals surface area (Å²) in [5, 5.41) is 6.60. The van der Waals surface area contributed by atoms with Crippen LogP contribution in [-0.4, -0.2) is 46.1 Å². The molecule has 1 aromatic carbocycles. The molecule has 0 aromatic heterocycles. The van der Waals surface area contributed by atoms with Crippen molar-refractivity contribution in [3.05, 3.63) is 29.3 Å². The molecule has 0 saturated heterocycles. The van der Waals surface area contributed by atoms with Gasteiger partial charge in [-0.2, -0.15) is 0 Å². The van der Waals surface area contributed by atoms with Gasteiger partial charge in [-0.25, -0.2) is 13.4 Å². The Kier molecular flexibility index (Phi) is 9.79. The lowest BCUT2D eigenvalue weighted by atomic mass is 9.90. The van der Waals surface area contributed by atoms with Crippen LogP contribution in [0.3, 0.4) is 0 Å². The third-order valence-electron chi connectivity index (χ3n) is 4.32. The van der Waals surface area contributed by atoms with Crippen molar-refractivity contribution in [1.29, 1.82) is 0 Å². The number of benzene rings is 1.